The summed E-state index contributed by atoms with van der Waals surface area (Å²) in [5.41, 5.74) is 1.20. The summed E-state index contributed by atoms with van der Waals surface area (Å²) < 4.78 is 12.6. The molecule has 19 heavy (non-hydrogen) atoms. The topological polar surface area (TPSA) is 48.3 Å². The highest BCUT2D eigenvalue weighted by atomic mass is 16.5. The molecule has 1 heterocycles. The Morgan fingerprint density at radius 3 is 2.68 bits per heavy atom. The largest absolute Gasteiger partial charge is 0.493 e. The molecular weight excluding hydrogens is 242 g/mol. The number of ether oxygens (including phenoxy) is 2. The van der Waals surface area contributed by atoms with Gasteiger partial charge in [0, 0.05) is 26.0 Å². The van der Waals surface area contributed by atoms with Gasteiger partial charge in [0.05, 0.1) is 14.2 Å². The van der Waals surface area contributed by atoms with Crippen LogP contribution < -0.4 is 14.8 Å². The van der Waals surface area contributed by atoms with Crippen LogP contribution >= 0.6 is 0 Å². The molecule has 2 rings (SSSR count). The van der Waals surface area contributed by atoms with Gasteiger partial charge in [0.15, 0.2) is 11.5 Å². The van der Waals surface area contributed by atoms with Crippen molar-refractivity contribution in [1.29, 1.82) is 0 Å². The Bertz CT molecular complexity index is 537. The smallest absolute Gasteiger partial charge is 0.202 e. The van der Waals surface area contributed by atoms with E-state index in [1.54, 1.807) is 20.4 Å². The number of benzene rings is 1. The summed E-state index contributed by atoms with van der Waals surface area (Å²) in [7, 11) is 5.16. The molecule has 1 aromatic heterocycles. The number of rotatable bonds is 6. The molecule has 102 valence electrons. The van der Waals surface area contributed by atoms with Gasteiger partial charge in [0.25, 0.3) is 0 Å². The lowest BCUT2D eigenvalue weighted by atomic mass is 10.1. The first-order valence-electron chi connectivity index (χ1n) is 6.18. The van der Waals surface area contributed by atoms with Crippen molar-refractivity contribution < 1.29 is 9.47 Å². The Morgan fingerprint density at radius 2 is 2.00 bits per heavy atom. The maximum atomic E-state index is 5.30. The van der Waals surface area contributed by atoms with Crippen LogP contribution in [0.2, 0.25) is 0 Å². The Morgan fingerprint density at radius 1 is 1.21 bits per heavy atom. The predicted molar refractivity (Wildman–Crippen MR) is 75.0 cm³/mol. The van der Waals surface area contributed by atoms with Gasteiger partial charge >= 0.3 is 0 Å². The maximum Gasteiger partial charge on any atom is 0.202 e. The molecule has 0 spiro atoms. The minimum absolute atomic E-state index is 0.754. The average Bonchev–Trinajstić information content (AvgIpc) is 2.92. The highest BCUT2D eigenvalue weighted by Gasteiger charge is 2.05. The van der Waals surface area contributed by atoms with Gasteiger partial charge < -0.3 is 19.4 Å². The van der Waals surface area contributed by atoms with Crippen molar-refractivity contribution >= 4 is 5.95 Å². The van der Waals surface area contributed by atoms with Gasteiger partial charge in [0.1, 0.15) is 0 Å². The summed E-state index contributed by atoms with van der Waals surface area (Å²) in [6, 6.07) is 5.99. The predicted octanol–water partition coefficient (Wildman–Crippen LogP) is 2.18. The number of anilines is 1. The second-order valence-corrected chi connectivity index (χ2v) is 4.13. The Hall–Kier alpha value is -2.17. The molecule has 0 atom stereocenters. The molecule has 2 aromatic rings. The van der Waals surface area contributed by atoms with Crippen LogP contribution in [0.25, 0.3) is 0 Å². The van der Waals surface area contributed by atoms with E-state index in [4.69, 9.17) is 9.47 Å². The normalized spacial score (nSPS) is 10.3. The number of nitrogens with zero attached hydrogens (tertiary/aromatic N) is 2. The van der Waals surface area contributed by atoms with Gasteiger partial charge in [-0.05, 0) is 24.1 Å². The molecule has 0 saturated heterocycles. The second-order valence-electron chi connectivity index (χ2n) is 4.13. The molecule has 0 aliphatic rings. The summed E-state index contributed by atoms with van der Waals surface area (Å²) in [5.74, 6) is 2.39. The second kappa shape index (κ2) is 6.13. The number of aromatic nitrogens is 2. The number of imidazole rings is 1. The van der Waals surface area contributed by atoms with Crippen molar-refractivity contribution in [3.05, 3.63) is 36.2 Å². The van der Waals surface area contributed by atoms with E-state index in [1.807, 2.05) is 25.4 Å². The van der Waals surface area contributed by atoms with Gasteiger partial charge in [-0.25, -0.2) is 4.98 Å². The highest BCUT2D eigenvalue weighted by Crippen LogP contribution is 2.27. The number of aryl methyl sites for hydroxylation is 2. The summed E-state index contributed by atoms with van der Waals surface area (Å²) in [6.45, 7) is 0.867. The third kappa shape index (κ3) is 2.99. The summed E-state index contributed by atoms with van der Waals surface area (Å²) in [6.07, 6.45) is 4.67. The van der Waals surface area contributed by atoms with E-state index >= 15 is 0 Å². The molecule has 5 nitrogen and oxygen atoms in total. The van der Waals surface area contributed by atoms with E-state index in [9.17, 15) is 0 Å². The summed E-state index contributed by atoms with van der Waals surface area (Å²) in [5, 5.41) is 3.06. The summed E-state index contributed by atoms with van der Waals surface area (Å²) in [4.78, 5) is 4.22. The minimum Gasteiger partial charge on any atom is -0.493 e. The van der Waals surface area contributed by atoms with Crippen LogP contribution in [-0.4, -0.2) is 30.8 Å². The fraction of sp³-hybridized carbons (Fsp3) is 0.357. The first kappa shape index (κ1) is 13.3. The molecule has 0 fully saturated rings. The zero-order chi connectivity index (χ0) is 13.7. The zero-order valence-corrected chi connectivity index (χ0v) is 11.5. The monoisotopic (exact) mass is 261 g/mol. The number of nitrogens with one attached hydrogen (secondary N) is 1. The standard InChI is InChI=1S/C14H19N3O2/c1-15-14-16-7-9-17(14)8-6-11-4-5-12(18-2)13(10-11)19-3/h4-5,7,9-10H,6,8H2,1-3H3,(H,15,16). The van der Waals surface area contributed by atoms with Crippen LogP contribution in [0.15, 0.2) is 30.6 Å². The number of methoxy groups -OCH3 is 2. The van der Waals surface area contributed by atoms with E-state index in [-0.39, 0.29) is 0 Å². The third-order valence-corrected chi connectivity index (χ3v) is 3.03. The lowest BCUT2D eigenvalue weighted by molar-refractivity contribution is 0.354. The van der Waals surface area contributed by atoms with Gasteiger partial charge in [-0.1, -0.05) is 6.07 Å². The molecular formula is C14H19N3O2. The molecule has 0 saturated carbocycles. The van der Waals surface area contributed by atoms with Gasteiger partial charge in [0.2, 0.25) is 5.95 Å². The quantitative estimate of drug-likeness (QED) is 0.866. The van der Waals surface area contributed by atoms with Crippen LogP contribution in [0.4, 0.5) is 5.95 Å². The van der Waals surface area contributed by atoms with Crippen molar-refractivity contribution in [2.24, 2.45) is 0 Å². The van der Waals surface area contributed by atoms with Crippen molar-refractivity contribution in [3.63, 3.8) is 0 Å². The van der Waals surface area contributed by atoms with Crippen LogP contribution in [0.3, 0.4) is 0 Å². The Labute approximate surface area is 113 Å². The van der Waals surface area contributed by atoms with E-state index < -0.39 is 0 Å². The molecule has 0 amide bonds. The first-order valence-corrected chi connectivity index (χ1v) is 6.18. The SMILES string of the molecule is CNc1nccn1CCc1ccc(OC)c(OC)c1. The van der Waals surface area contributed by atoms with Crippen LogP contribution in [-0.2, 0) is 13.0 Å². The van der Waals surface area contributed by atoms with Gasteiger partial charge in [-0.2, -0.15) is 0 Å². The van der Waals surface area contributed by atoms with Crippen LogP contribution in [0.5, 0.6) is 11.5 Å². The molecule has 0 bridgehead atoms. The average molecular weight is 261 g/mol. The minimum atomic E-state index is 0.754. The van der Waals surface area contributed by atoms with Crippen molar-refractivity contribution in [1.82, 2.24) is 9.55 Å². The fourth-order valence-corrected chi connectivity index (χ4v) is 2.00. The van der Waals surface area contributed by atoms with Gasteiger partial charge in [-0.15, -0.1) is 0 Å². The Kier molecular flexibility index (Phi) is 4.28. The number of hydrogen-bond donors (Lipinski definition) is 1. The van der Waals surface area contributed by atoms with Crippen molar-refractivity contribution in [3.8, 4) is 11.5 Å². The molecule has 0 radical (unpaired) electrons. The Balaban J connectivity index is 2.07. The zero-order valence-electron chi connectivity index (χ0n) is 11.5. The summed E-state index contributed by atoms with van der Waals surface area (Å²) >= 11 is 0. The van der Waals surface area contributed by atoms with Crippen molar-refractivity contribution in [2.45, 2.75) is 13.0 Å². The fourth-order valence-electron chi connectivity index (χ4n) is 2.00. The van der Waals surface area contributed by atoms with E-state index in [2.05, 4.69) is 20.9 Å². The molecule has 0 aliphatic heterocycles. The first-order chi connectivity index (χ1) is 9.28. The molecule has 5 heteroatoms. The van der Waals surface area contributed by atoms with Gasteiger partial charge in [-0.3, -0.25) is 0 Å². The molecule has 0 aliphatic carbocycles. The van der Waals surface area contributed by atoms with Crippen LogP contribution in [0.1, 0.15) is 5.56 Å². The molecule has 0 unspecified atom stereocenters. The van der Waals surface area contributed by atoms with E-state index in [0.717, 1.165) is 30.4 Å². The van der Waals surface area contributed by atoms with E-state index in [1.165, 1.54) is 5.56 Å². The lowest BCUT2D eigenvalue weighted by Crippen LogP contribution is -2.05. The van der Waals surface area contributed by atoms with E-state index in [0.29, 0.717) is 0 Å². The lowest BCUT2D eigenvalue weighted by Gasteiger charge is -2.10. The molecule has 1 N–H and O–H groups in total. The number of hydrogen-bond acceptors (Lipinski definition) is 4. The third-order valence-electron chi connectivity index (χ3n) is 3.03. The molecule has 1 aromatic carbocycles. The van der Waals surface area contributed by atoms with Crippen molar-refractivity contribution in [2.75, 3.05) is 26.6 Å². The maximum absolute atomic E-state index is 5.30. The van der Waals surface area contributed by atoms with Crippen LogP contribution in [0, 0.1) is 0 Å². The highest BCUT2D eigenvalue weighted by molar-refractivity contribution is 5.43.